The zero-order chi connectivity index (χ0) is 35.6. The van der Waals surface area contributed by atoms with Crippen LogP contribution in [0, 0.1) is 34.9 Å². The predicted molar refractivity (Wildman–Crippen MR) is 190 cm³/mol. The molecule has 3 atom stereocenters. The normalized spacial score (nSPS) is 25.4. The summed E-state index contributed by atoms with van der Waals surface area (Å²) in [6.07, 6.45) is 6.34. The Morgan fingerprint density at radius 1 is 0.980 bits per heavy atom. The van der Waals surface area contributed by atoms with Crippen molar-refractivity contribution < 1.29 is 27.8 Å². The summed E-state index contributed by atoms with van der Waals surface area (Å²) in [5.74, 6) is 0.0904. The first-order chi connectivity index (χ1) is 24.7. The molecule has 5 aliphatic rings. The lowest BCUT2D eigenvalue weighted by Crippen LogP contribution is -2.65. The third kappa shape index (κ3) is 7.37. The number of benzene rings is 2. The van der Waals surface area contributed by atoms with E-state index in [0.717, 1.165) is 82.5 Å². The van der Waals surface area contributed by atoms with Crippen LogP contribution in [0.5, 0.6) is 0 Å². The number of methoxy groups -OCH3 is 1. The number of ether oxygens (including phenoxy) is 2. The van der Waals surface area contributed by atoms with Gasteiger partial charge >= 0.3 is 5.97 Å². The van der Waals surface area contributed by atoms with E-state index in [4.69, 9.17) is 9.47 Å². The van der Waals surface area contributed by atoms with Gasteiger partial charge in [0.25, 0.3) is 5.91 Å². The standard InChI is InChI=1S/C40H51F2N5O4/c1-50-37(48)21-29-5-2-8-36(29)40(28-44-13-4-14-44,32-6-3-7-33(41)22-32)31-11-15-45(16-12-31)25-39(42)26-47(27-39)34-10-9-30(24-43)35(23-34)38(49)46-17-19-51-20-18-46/h3,6-7,9-10,22-23,29,31,36H,2,4-5,8,11-21,25-28H2,1H3/t29-,36+,40+/m1/s1. The predicted octanol–water partition coefficient (Wildman–Crippen LogP) is 5.03. The van der Waals surface area contributed by atoms with E-state index in [1.807, 2.05) is 11.0 Å². The van der Waals surface area contributed by atoms with Crippen molar-refractivity contribution in [1.29, 1.82) is 5.26 Å². The third-order valence-electron chi connectivity index (χ3n) is 12.6. The summed E-state index contributed by atoms with van der Waals surface area (Å²) in [5, 5.41) is 9.69. The Kier molecular flexibility index (Phi) is 10.7. The van der Waals surface area contributed by atoms with Crippen LogP contribution in [-0.4, -0.2) is 118 Å². The molecule has 0 unspecified atom stereocenters. The van der Waals surface area contributed by atoms with Crippen molar-refractivity contribution in [2.75, 3.05) is 90.7 Å². The fourth-order valence-corrected chi connectivity index (χ4v) is 9.90. The van der Waals surface area contributed by atoms with E-state index >= 15 is 4.39 Å². The minimum absolute atomic E-state index is 0.178. The Hall–Kier alpha value is -3.59. The molecular weight excluding hydrogens is 652 g/mol. The van der Waals surface area contributed by atoms with E-state index in [2.05, 4.69) is 21.9 Å². The first kappa shape index (κ1) is 35.8. The van der Waals surface area contributed by atoms with Crippen molar-refractivity contribution in [3.63, 3.8) is 0 Å². The molecule has 4 saturated heterocycles. The number of alkyl halides is 1. The van der Waals surface area contributed by atoms with Gasteiger partial charge in [0.2, 0.25) is 0 Å². The number of amides is 1. The average molecular weight is 704 g/mol. The van der Waals surface area contributed by atoms with E-state index < -0.39 is 5.67 Å². The van der Waals surface area contributed by atoms with E-state index in [0.29, 0.717) is 50.4 Å². The van der Waals surface area contributed by atoms with Gasteiger partial charge in [-0.1, -0.05) is 18.6 Å². The molecule has 0 N–H and O–H groups in total. The topological polar surface area (TPSA) is 89.3 Å². The second-order valence-electron chi connectivity index (χ2n) is 15.6. The number of carbonyl (C=O) groups is 2. The van der Waals surface area contributed by atoms with Crippen LogP contribution in [0.1, 0.15) is 66.4 Å². The van der Waals surface area contributed by atoms with Gasteiger partial charge in [-0.2, -0.15) is 5.26 Å². The van der Waals surface area contributed by atoms with Gasteiger partial charge in [-0.3, -0.25) is 14.5 Å². The monoisotopic (exact) mass is 703 g/mol. The molecule has 4 heterocycles. The molecule has 0 radical (unpaired) electrons. The van der Waals surface area contributed by atoms with Gasteiger partial charge in [-0.15, -0.1) is 0 Å². The quantitative estimate of drug-likeness (QED) is 0.301. The Bertz CT molecular complexity index is 1610. The minimum atomic E-state index is -1.39. The maximum absolute atomic E-state index is 16.3. The van der Waals surface area contributed by atoms with Crippen LogP contribution in [0.15, 0.2) is 42.5 Å². The molecule has 0 bridgehead atoms. The smallest absolute Gasteiger partial charge is 0.305 e. The summed E-state index contributed by atoms with van der Waals surface area (Å²) in [5.41, 5.74) is 0.774. The maximum atomic E-state index is 16.3. The molecule has 1 saturated carbocycles. The fraction of sp³-hybridized carbons (Fsp3) is 0.625. The van der Waals surface area contributed by atoms with Crippen molar-refractivity contribution in [3.05, 3.63) is 65.0 Å². The molecular formula is C40H51F2N5O4. The SMILES string of the molecule is COC(=O)C[C@H]1CCC[C@@H]1[C@](CN1CCC1)(c1cccc(F)c1)C1CCN(CC2(F)CN(c3ccc(C#N)c(C(=O)N4CCOCC4)c3)C2)CC1. The van der Waals surface area contributed by atoms with Gasteiger partial charge in [0.1, 0.15) is 5.82 Å². The lowest BCUT2D eigenvalue weighted by Gasteiger charge is -2.54. The molecule has 0 spiro atoms. The fourth-order valence-electron chi connectivity index (χ4n) is 9.90. The number of hydrogen-bond donors (Lipinski definition) is 0. The van der Waals surface area contributed by atoms with Crippen LogP contribution >= 0.6 is 0 Å². The van der Waals surface area contributed by atoms with Crippen molar-refractivity contribution in [2.24, 2.45) is 17.8 Å². The van der Waals surface area contributed by atoms with Gasteiger partial charge in [-0.05, 0) is 112 Å². The summed E-state index contributed by atoms with van der Waals surface area (Å²) in [4.78, 5) is 34.3. The second-order valence-corrected chi connectivity index (χ2v) is 15.6. The van der Waals surface area contributed by atoms with Crippen LogP contribution < -0.4 is 4.90 Å². The van der Waals surface area contributed by atoms with E-state index in [-0.39, 0.29) is 54.0 Å². The average Bonchev–Trinajstić information content (AvgIpc) is 3.58. The molecule has 1 aliphatic carbocycles. The van der Waals surface area contributed by atoms with Gasteiger partial charge in [0.05, 0.1) is 50.6 Å². The first-order valence-electron chi connectivity index (χ1n) is 18.8. The molecule has 274 valence electrons. The molecule has 7 rings (SSSR count). The lowest BCUT2D eigenvalue weighted by molar-refractivity contribution is -0.142. The molecule has 0 aromatic heterocycles. The molecule has 51 heavy (non-hydrogen) atoms. The van der Waals surface area contributed by atoms with Crippen LogP contribution in [-0.2, 0) is 19.7 Å². The summed E-state index contributed by atoms with van der Waals surface area (Å²) >= 11 is 0. The van der Waals surface area contributed by atoms with Crippen LogP contribution in [0.25, 0.3) is 0 Å². The van der Waals surface area contributed by atoms with Gasteiger partial charge < -0.3 is 24.2 Å². The zero-order valence-corrected chi connectivity index (χ0v) is 29.8. The van der Waals surface area contributed by atoms with Crippen molar-refractivity contribution >= 4 is 17.6 Å². The summed E-state index contributed by atoms with van der Waals surface area (Å²) in [6.45, 7) is 7.15. The Morgan fingerprint density at radius 3 is 2.41 bits per heavy atom. The van der Waals surface area contributed by atoms with Gasteiger partial charge in [0, 0.05) is 43.7 Å². The summed E-state index contributed by atoms with van der Waals surface area (Å²) in [7, 11) is 1.45. The molecule has 11 heteroatoms. The molecule has 5 fully saturated rings. The Balaban J connectivity index is 1.05. The molecule has 2 aromatic carbocycles. The number of morpholine rings is 1. The second kappa shape index (κ2) is 15.2. The third-order valence-corrected chi connectivity index (χ3v) is 12.6. The lowest BCUT2D eigenvalue weighted by atomic mass is 9.56. The van der Waals surface area contributed by atoms with Gasteiger partial charge in [0.15, 0.2) is 5.67 Å². The Morgan fingerprint density at radius 2 is 1.75 bits per heavy atom. The number of nitriles is 1. The highest BCUT2D eigenvalue weighted by Gasteiger charge is 2.53. The highest BCUT2D eigenvalue weighted by Crippen LogP contribution is 2.54. The number of rotatable bonds is 11. The summed E-state index contributed by atoms with van der Waals surface area (Å²) < 4.78 is 41.8. The summed E-state index contributed by atoms with van der Waals surface area (Å²) in [6, 6.07) is 14.5. The van der Waals surface area contributed by atoms with Crippen LogP contribution in [0.4, 0.5) is 14.5 Å². The molecule has 4 aliphatic heterocycles. The largest absolute Gasteiger partial charge is 0.469 e. The number of carbonyl (C=O) groups excluding carboxylic acids is 2. The number of nitrogens with zero attached hydrogens (tertiary/aromatic N) is 5. The van der Waals surface area contributed by atoms with Crippen LogP contribution in [0.3, 0.4) is 0 Å². The van der Waals surface area contributed by atoms with Crippen molar-refractivity contribution in [1.82, 2.24) is 14.7 Å². The number of halogens is 2. The van der Waals surface area contributed by atoms with E-state index in [1.165, 1.54) is 13.2 Å². The Labute approximate surface area is 300 Å². The number of hydrogen-bond acceptors (Lipinski definition) is 8. The van der Waals surface area contributed by atoms with Crippen LogP contribution in [0.2, 0.25) is 0 Å². The highest BCUT2D eigenvalue weighted by molar-refractivity contribution is 5.97. The molecule has 1 amide bonds. The number of anilines is 1. The van der Waals surface area contributed by atoms with Gasteiger partial charge in [-0.25, -0.2) is 8.78 Å². The molecule has 9 nitrogen and oxygen atoms in total. The van der Waals surface area contributed by atoms with Crippen molar-refractivity contribution in [3.8, 4) is 6.07 Å². The van der Waals surface area contributed by atoms with Crippen molar-refractivity contribution in [2.45, 2.75) is 56.0 Å². The number of likely N-dealkylation sites (tertiary alicyclic amines) is 2. The van der Waals surface area contributed by atoms with E-state index in [9.17, 15) is 19.2 Å². The minimum Gasteiger partial charge on any atom is -0.469 e. The molecule has 2 aromatic rings. The van der Waals surface area contributed by atoms with E-state index in [1.54, 1.807) is 29.2 Å². The number of esters is 1. The zero-order valence-electron chi connectivity index (χ0n) is 29.8. The number of piperidine rings is 1. The first-order valence-corrected chi connectivity index (χ1v) is 18.8. The highest BCUT2D eigenvalue weighted by atomic mass is 19.1. The maximum Gasteiger partial charge on any atom is 0.305 e.